The lowest BCUT2D eigenvalue weighted by molar-refractivity contribution is -0.140. The Balaban J connectivity index is 1.76. The van der Waals surface area contributed by atoms with Gasteiger partial charge in [0.05, 0.1) is 0 Å². The van der Waals surface area contributed by atoms with Gasteiger partial charge in [-0.3, -0.25) is 4.79 Å². The molecule has 0 unspecified atom stereocenters. The number of Topliss-reactive ketones (excluding diaryl/α,β-unsaturated/α-hetero) is 1. The molecule has 4 nitrogen and oxygen atoms in total. The van der Waals surface area contributed by atoms with E-state index in [1.165, 1.54) is 13.3 Å². The fourth-order valence-electron chi connectivity index (χ4n) is 3.24. The van der Waals surface area contributed by atoms with Crippen molar-refractivity contribution in [2.75, 3.05) is 0 Å². The number of ketones is 1. The quantitative estimate of drug-likeness (QED) is 0.286. The van der Waals surface area contributed by atoms with E-state index in [0.717, 1.165) is 35.5 Å². The zero-order valence-electron chi connectivity index (χ0n) is 15.4. The van der Waals surface area contributed by atoms with Crippen molar-refractivity contribution < 1.29 is 14.4 Å². The minimum Gasteiger partial charge on any atom is -0.318 e. The molecule has 0 aliphatic heterocycles. The van der Waals surface area contributed by atoms with E-state index >= 15 is 0 Å². The predicted molar refractivity (Wildman–Crippen MR) is 107 cm³/mol. The zero-order chi connectivity index (χ0) is 19.1. The van der Waals surface area contributed by atoms with Gasteiger partial charge in [-0.2, -0.15) is 0 Å². The Hall–Kier alpha value is -2.40. The molecule has 0 radical (unpaired) electrons. The van der Waals surface area contributed by atoms with Gasteiger partial charge in [0.15, 0.2) is 0 Å². The summed E-state index contributed by atoms with van der Waals surface area (Å²) >= 11 is 1.65. The molecule has 1 aliphatic carbocycles. The summed E-state index contributed by atoms with van der Waals surface area (Å²) in [5.74, 6) is -0.603. The number of nitrogens with zero attached hydrogens (tertiary/aromatic N) is 1. The first-order valence-electron chi connectivity index (χ1n) is 9.26. The van der Waals surface area contributed by atoms with E-state index in [4.69, 9.17) is 4.84 Å². The van der Waals surface area contributed by atoms with E-state index < -0.39 is 5.97 Å². The lowest BCUT2D eigenvalue weighted by Gasteiger charge is -2.22. The molecule has 27 heavy (non-hydrogen) atoms. The standard InChI is InChI=1S/C22H23NO3S/c1-16(24)26-23-21(17-8-4-2-5-9-17)22(25)18-12-14-20(15-13-18)27-19-10-6-3-7-11-19/h3,6-7,10-15,17H,2,4-5,8-9H2,1H3. The van der Waals surface area contributed by atoms with E-state index in [2.05, 4.69) is 17.3 Å². The van der Waals surface area contributed by atoms with Crippen LogP contribution in [0.15, 0.2) is 69.5 Å². The first kappa shape index (κ1) is 19.4. The van der Waals surface area contributed by atoms with Crippen molar-refractivity contribution in [3.05, 3.63) is 60.2 Å². The maximum Gasteiger partial charge on any atom is 0.331 e. The third kappa shape index (κ3) is 5.54. The van der Waals surface area contributed by atoms with Gasteiger partial charge in [-0.25, -0.2) is 4.79 Å². The molecule has 2 aromatic carbocycles. The molecule has 1 aliphatic rings. The average Bonchev–Trinajstić information content (AvgIpc) is 2.70. The van der Waals surface area contributed by atoms with Crippen LogP contribution in [0, 0.1) is 5.92 Å². The Morgan fingerprint density at radius 2 is 1.56 bits per heavy atom. The molecule has 1 saturated carbocycles. The molecule has 0 amide bonds. The lowest BCUT2D eigenvalue weighted by atomic mass is 9.83. The number of hydrogen-bond acceptors (Lipinski definition) is 5. The molecule has 0 spiro atoms. The first-order valence-corrected chi connectivity index (χ1v) is 10.1. The molecule has 0 bridgehead atoms. The number of benzene rings is 2. The van der Waals surface area contributed by atoms with Gasteiger partial charge in [-0.1, -0.05) is 54.4 Å². The van der Waals surface area contributed by atoms with Crippen molar-refractivity contribution in [2.24, 2.45) is 11.1 Å². The number of carbonyl (C=O) groups is 2. The Morgan fingerprint density at radius 1 is 0.926 bits per heavy atom. The van der Waals surface area contributed by atoms with E-state index in [-0.39, 0.29) is 11.7 Å². The van der Waals surface area contributed by atoms with Crippen LogP contribution in [-0.4, -0.2) is 17.5 Å². The van der Waals surface area contributed by atoms with Crippen molar-refractivity contribution in [1.82, 2.24) is 0 Å². The average molecular weight is 381 g/mol. The van der Waals surface area contributed by atoms with E-state index in [1.54, 1.807) is 11.8 Å². The van der Waals surface area contributed by atoms with Crippen LogP contribution in [0.3, 0.4) is 0 Å². The minimum atomic E-state index is -0.509. The molecule has 2 aromatic rings. The first-order chi connectivity index (χ1) is 13.1. The van der Waals surface area contributed by atoms with Gasteiger partial charge in [-0.15, -0.1) is 0 Å². The minimum absolute atomic E-state index is 0.0592. The van der Waals surface area contributed by atoms with E-state index in [9.17, 15) is 9.59 Å². The molecular weight excluding hydrogens is 358 g/mol. The van der Waals surface area contributed by atoms with Crippen LogP contribution in [0.4, 0.5) is 0 Å². The second kappa shape index (κ2) is 9.51. The monoisotopic (exact) mass is 381 g/mol. The summed E-state index contributed by atoms with van der Waals surface area (Å²) in [4.78, 5) is 31.2. The summed E-state index contributed by atoms with van der Waals surface area (Å²) < 4.78 is 0. The second-order valence-corrected chi connectivity index (χ2v) is 7.81. The van der Waals surface area contributed by atoms with Crippen molar-refractivity contribution in [3.8, 4) is 0 Å². The maximum absolute atomic E-state index is 13.0. The number of carbonyl (C=O) groups excluding carboxylic acids is 2. The van der Waals surface area contributed by atoms with E-state index in [1.807, 2.05) is 42.5 Å². The summed E-state index contributed by atoms with van der Waals surface area (Å²) in [5, 5.41) is 3.93. The van der Waals surface area contributed by atoms with E-state index in [0.29, 0.717) is 11.3 Å². The van der Waals surface area contributed by atoms with Gasteiger partial charge in [0.25, 0.3) is 0 Å². The van der Waals surface area contributed by atoms with Crippen LogP contribution in [0.5, 0.6) is 0 Å². The summed E-state index contributed by atoms with van der Waals surface area (Å²) in [6.07, 6.45) is 5.14. The van der Waals surface area contributed by atoms with Gasteiger partial charge in [0.1, 0.15) is 5.71 Å². The highest BCUT2D eigenvalue weighted by molar-refractivity contribution is 7.99. The van der Waals surface area contributed by atoms with Crippen LogP contribution in [0.25, 0.3) is 0 Å². The van der Waals surface area contributed by atoms with Crippen molar-refractivity contribution in [2.45, 2.75) is 48.8 Å². The fourth-order valence-corrected chi connectivity index (χ4v) is 4.08. The Kier molecular flexibility index (Phi) is 6.82. The SMILES string of the molecule is CC(=O)ON=C(C(=O)c1ccc(Sc2ccccc2)cc1)C1CCCCC1. The third-order valence-corrected chi connectivity index (χ3v) is 5.61. The van der Waals surface area contributed by atoms with Crippen molar-refractivity contribution in [3.63, 3.8) is 0 Å². The molecule has 3 rings (SSSR count). The zero-order valence-corrected chi connectivity index (χ0v) is 16.2. The van der Waals surface area contributed by atoms with Gasteiger partial charge >= 0.3 is 5.97 Å². The normalized spacial score (nSPS) is 15.4. The molecule has 0 saturated heterocycles. The Morgan fingerprint density at radius 3 is 2.19 bits per heavy atom. The fraction of sp³-hybridized carbons (Fsp3) is 0.318. The summed E-state index contributed by atoms with van der Waals surface area (Å²) in [6, 6.07) is 17.6. The smallest absolute Gasteiger partial charge is 0.318 e. The van der Waals surface area contributed by atoms with Gasteiger partial charge in [0, 0.05) is 28.2 Å². The Labute approximate surface area is 164 Å². The van der Waals surface area contributed by atoms with Gasteiger partial charge in [-0.05, 0) is 49.2 Å². The molecule has 1 fully saturated rings. The highest BCUT2D eigenvalue weighted by Gasteiger charge is 2.27. The van der Waals surface area contributed by atoms with Crippen LogP contribution in [0.2, 0.25) is 0 Å². The summed E-state index contributed by atoms with van der Waals surface area (Å²) in [7, 11) is 0. The number of hydrogen-bond donors (Lipinski definition) is 0. The highest BCUT2D eigenvalue weighted by atomic mass is 32.2. The van der Waals surface area contributed by atoms with Crippen LogP contribution in [0.1, 0.15) is 49.4 Å². The maximum atomic E-state index is 13.0. The predicted octanol–water partition coefficient (Wildman–Crippen LogP) is 5.52. The Bertz CT molecular complexity index is 809. The molecule has 0 aromatic heterocycles. The molecular formula is C22H23NO3S. The summed E-state index contributed by atoms with van der Waals surface area (Å²) in [5.41, 5.74) is 0.942. The molecule has 5 heteroatoms. The molecule has 140 valence electrons. The second-order valence-electron chi connectivity index (χ2n) is 6.66. The molecule has 0 N–H and O–H groups in total. The van der Waals surface area contributed by atoms with Crippen molar-refractivity contribution in [1.29, 1.82) is 0 Å². The van der Waals surface area contributed by atoms with Crippen LogP contribution >= 0.6 is 11.8 Å². The van der Waals surface area contributed by atoms with Crippen LogP contribution < -0.4 is 0 Å². The van der Waals surface area contributed by atoms with Crippen molar-refractivity contribution >= 4 is 29.2 Å². The number of rotatable bonds is 6. The highest BCUT2D eigenvalue weighted by Crippen LogP contribution is 2.29. The van der Waals surface area contributed by atoms with Gasteiger partial charge < -0.3 is 4.84 Å². The third-order valence-electron chi connectivity index (χ3n) is 4.59. The number of oxime groups is 1. The molecule has 0 heterocycles. The lowest BCUT2D eigenvalue weighted by Crippen LogP contribution is -2.27. The van der Waals surface area contributed by atoms with Crippen LogP contribution in [-0.2, 0) is 9.63 Å². The summed E-state index contributed by atoms with van der Waals surface area (Å²) in [6.45, 7) is 1.29. The largest absolute Gasteiger partial charge is 0.331 e. The topological polar surface area (TPSA) is 55.7 Å². The van der Waals surface area contributed by atoms with Gasteiger partial charge in [0.2, 0.25) is 5.78 Å². The molecule has 0 atom stereocenters.